The first kappa shape index (κ1) is 12.5. The average Bonchev–Trinajstić information content (AvgIpc) is 2.81. The van der Waals surface area contributed by atoms with E-state index in [-0.39, 0.29) is 0 Å². The third-order valence-electron chi connectivity index (χ3n) is 2.84. The van der Waals surface area contributed by atoms with E-state index in [0.717, 1.165) is 42.2 Å². The molecular formula is C12H18N6. The molecule has 0 saturated heterocycles. The normalized spacial score (nSPS) is 10.8. The van der Waals surface area contributed by atoms with E-state index in [0.29, 0.717) is 5.82 Å². The first-order valence-electron chi connectivity index (χ1n) is 6.19. The lowest BCUT2D eigenvalue weighted by Crippen LogP contribution is -2.08. The van der Waals surface area contributed by atoms with Crippen LogP contribution in [0.1, 0.15) is 31.7 Å². The van der Waals surface area contributed by atoms with Crippen LogP contribution in [0.4, 0.5) is 5.82 Å². The van der Waals surface area contributed by atoms with Crippen LogP contribution in [-0.4, -0.2) is 25.0 Å². The van der Waals surface area contributed by atoms with Gasteiger partial charge in [0.25, 0.3) is 0 Å². The van der Waals surface area contributed by atoms with E-state index in [1.54, 1.807) is 6.20 Å². The van der Waals surface area contributed by atoms with Gasteiger partial charge in [0.15, 0.2) is 0 Å². The molecule has 0 saturated carbocycles. The van der Waals surface area contributed by atoms with Crippen molar-refractivity contribution in [3.63, 3.8) is 0 Å². The van der Waals surface area contributed by atoms with Crippen LogP contribution in [0.25, 0.3) is 11.4 Å². The molecule has 2 rings (SSSR count). The number of aryl methyl sites for hydroxylation is 2. The summed E-state index contributed by atoms with van der Waals surface area (Å²) in [6, 6.07) is 0. The Bertz CT molecular complexity index is 545. The second kappa shape index (κ2) is 5.12. The van der Waals surface area contributed by atoms with Crippen LogP contribution in [-0.2, 0) is 13.0 Å². The molecule has 0 aliphatic rings. The van der Waals surface area contributed by atoms with Gasteiger partial charge in [0, 0.05) is 18.5 Å². The maximum atomic E-state index is 5.93. The molecule has 0 atom stereocenters. The Morgan fingerprint density at radius 3 is 2.72 bits per heavy atom. The summed E-state index contributed by atoms with van der Waals surface area (Å²) in [7, 11) is 0. The monoisotopic (exact) mass is 246 g/mol. The number of nitrogen functional groups attached to an aromatic ring is 1. The van der Waals surface area contributed by atoms with E-state index in [9.17, 15) is 0 Å². The minimum absolute atomic E-state index is 0.529. The average molecular weight is 246 g/mol. The van der Waals surface area contributed by atoms with Crippen molar-refractivity contribution in [2.24, 2.45) is 0 Å². The van der Waals surface area contributed by atoms with E-state index in [2.05, 4.69) is 27.2 Å². The molecule has 2 N–H and O–H groups in total. The molecule has 0 bridgehead atoms. The van der Waals surface area contributed by atoms with Gasteiger partial charge in [-0.1, -0.05) is 19.1 Å². The molecule has 0 radical (unpaired) electrons. The molecule has 6 heteroatoms. The Labute approximate surface area is 106 Å². The van der Waals surface area contributed by atoms with Crippen LogP contribution in [0.3, 0.4) is 0 Å². The lowest BCUT2D eigenvalue weighted by Gasteiger charge is -2.10. The number of nitrogens with zero attached hydrogens (tertiary/aromatic N) is 5. The highest BCUT2D eigenvalue weighted by Gasteiger charge is 2.14. The highest BCUT2D eigenvalue weighted by Crippen LogP contribution is 2.23. The van der Waals surface area contributed by atoms with Crippen LogP contribution < -0.4 is 5.73 Å². The molecule has 0 unspecified atom stereocenters. The molecule has 0 aliphatic heterocycles. The van der Waals surface area contributed by atoms with E-state index < -0.39 is 0 Å². The van der Waals surface area contributed by atoms with Crippen molar-refractivity contribution in [3.05, 3.63) is 17.6 Å². The smallest absolute Gasteiger partial charge is 0.131 e. The zero-order valence-electron chi connectivity index (χ0n) is 11.0. The first-order valence-corrected chi connectivity index (χ1v) is 6.19. The molecule has 18 heavy (non-hydrogen) atoms. The van der Waals surface area contributed by atoms with Crippen molar-refractivity contribution in [2.75, 3.05) is 5.73 Å². The summed E-state index contributed by atoms with van der Waals surface area (Å²) in [6.45, 7) is 6.85. The van der Waals surface area contributed by atoms with Crippen LogP contribution in [0.5, 0.6) is 0 Å². The van der Waals surface area contributed by atoms with Gasteiger partial charge in [0.1, 0.15) is 17.3 Å². The van der Waals surface area contributed by atoms with Gasteiger partial charge in [-0.2, -0.15) is 0 Å². The van der Waals surface area contributed by atoms with Crippen molar-refractivity contribution in [1.82, 2.24) is 25.0 Å². The summed E-state index contributed by atoms with van der Waals surface area (Å²) >= 11 is 0. The summed E-state index contributed by atoms with van der Waals surface area (Å²) in [5.74, 6) is 1.28. The second-order valence-electron chi connectivity index (χ2n) is 4.19. The fraction of sp³-hybridized carbons (Fsp3) is 0.500. The highest BCUT2D eigenvalue weighted by atomic mass is 15.4. The molecule has 2 aromatic heterocycles. The topological polar surface area (TPSA) is 82.5 Å². The zero-order chi connectivity index (χ0) is 13.1. The van der Waals surface area contributed by atoms with Crippen LogP contribution in [0, 0.1) is 6.92 Å². The fourth-order valence-corrected chi connectivity index (χ4v) is 1.81. The molecule has 0 amide bonds. The summed E-state index contributed by atoms with van der Waals surface area (Å²) in [4.78, 5) is 8.80. The van der Waals surface area contributed by atoms with Crippen molar-refractivity contribution in [3.8, 4) is 11.4 Å². The summed E-state index contributed by atoms with van der Waals surface area (Å²) < 4.78 is 1.86. The molecule has 96 valence electrons. The van der Waals surface area contributed by atoms with Crippen molar-refractivity contribution in [1.29, 1.82) is 0 Å². The Morgan fingerprint density at radius 2 is 2.06 bits per heavy atom. The van der Waals surface area contributed by atoms with Gasteiger partial charge in [0.2, 0.25) is 0 Å². The van der Waals surface area contributed by atoms with Crippen molar-refractivity contribution < 1.29 is 0 Å². The quantitative estimate of drug-likeness (QED) is 0.886. The summed E-state index contributed by atoms with van der Waals surface area (Å²) in [6.07, 6.45) is 3.48. The molecule has 0 aliphatic carbocycles. The number of hydrogen-bond acceptors (Lipinski definition) is 5. The Hall–Kier alpha value is -1.98. The molecule has 0 fully saturated rings. The van der Waals surface area contributed by atoms with E-state index in [1.165, 1.54) is 0 Å². The Balaban J connectivity index is 2.55. The highest BCUT2D eigenvalue weighted by molar-refractivity contribution is 5.63. The Morgan fingerprint density at radius 1 is 1.28 bits per heavy atom. The van der Waals surface area contributed by atoms with Gasteiger partial charge in [-0.25, -0.2) is 14.6 Å². The SMILES string of the molecule is CCCn1nncc1-c1nc(CC)nc(N)c1C. The first-order chi connectivity index (χ1) is 8.67. The third kappa shape index (κ3) is 2.18. The van der Waals surface area contributed by atoms with Crippen molar-refractivity contribution in [2.45, 2.75) is 40.2 Å². The van der Waals surface area contributed by atoms with Gasteiger partial charge in [-0.15, -0.1) is 5.10 Å². The fourth-order valence-electron chi connectivity index (χ4n) is 1.81. The van der Waals surface area contributed by atoms with Crippen molar-refractivity contribution >= 4 is 5.82 Å². The second-order valence-corrected chi connectivity index (χ2v) is 4.19. The van der Waals surface area contributed by atoms with Crippen LogP contribution in [0.2, 0.25) is 0 Å². The lowest BCUT2D eigenvalue weighted by atomic mass is 10.2. The molecule has 6 nitrogen and oxygen atoms in total. The van der Waals surface area contributed by atoms with E-state index in [4.69, 9.17) is 5.73 Å². The maximum absolute atomic E-state index is 5.93. The molecule has 2 aromatic rings. The largest absolute Gasteiger partial charge is 0.383 e. The number of nitrogens with two attached hydrogens (primary N) is 1. The summed E-state index contributed by atoms with van der Waals surface area (Å²) in [5.41, 5.74) is 8.54. The molecule has 0 aromatic carbocycles. The van der Waals surface area contributed by atoms with E-state index >= 15 is 0 Å². The molecule has 2 heterocycles. The zero-order valence-corrected chi connectivity index (χ0v) is 11.0. The number of anilines is 1. The molecular weight excluding hydrogens is 228 g/mol. The Kier molecular flexibility index (Phi) is 3.55. The predicted molar refractivity (Wildman–Crippen MR) is 69.9 cm³/mol. The van der Waals surface area contributed by atoms with E-state index in [1.807, 2.05) is 18.5 Å². The number of rotatable bonds is 4. The predicted octanol–water partition coefficient (Wildman–Crippen LogP) is 1.60. The van der Waals surface area contributed by atoms with Gasteiger partial charge in [-0.3, -0.25) is 0 Å². The molecule has 0 spiro atoms. The van der Waals surface area contributed by atoms with Gasteiger partial charge in [0.05, 0.1) is 11.9 Å². The number of aromatic nitrogens is 5. The lowest BCUT2D eigenvalue weighted by molar-refractivity contribution is 0.583. The van der Waals surface area contributed by atoms with Gasteiger partial charge < -0.3 is 5.73 Å². The summed E-state index contributed by atoms with van der Waals surface area (Å²) in [5, 5.41) is 8.03. The standard InChI is InChI=1S/C12H18N6/c1-4-6-18-9(7-14-17-18)11-8(3)12(13)16-10(5-2)15-11/h7H,4-6H2,1-3H3,(H2,13,15,16). The van der Waals surface area contributed by atoms with Crippen LogP contribution >= 0.6 is 0 Å². The maximum Gasteiger partial charge on any atom is 0.131 e. The van der Waals surface area contributed by atoms with Crippen LogP contribution in [0.15, 0.2) is 6.20 Å². The third-order valence-corrected chi connectivity index (χ3v) is 2.84. The van der Waals surface area contributed by atoms with Gasteiger partial charge in [-0.05, 0) is 13.3 Å². The number of hydrogen-bond donors (Lipinski definition) is 1. The minimum Gasteiger partial charge on any atom is -0.383 e. The van der Waals surface area contributed by atoms with Gasteiger partial charge >= 0.3 is 0 Å². The minimum atomic E-state index is 0.529.